The molecule has 0 saturated carbocycles. The highest BCUT2D eigenvalue weighted by Crippen LogP contribution is 2.31. The molecule has 4 rings (SSSR count). The standard InChI is InChI=1S/C23H33N7O/c1-23(2,3)29-22-18-14-30(10-11-31)9-6-17(18)12-21(28-22)27-20-13-19(25-15-26-20)16-4-7-24-8-5-16/h6,9,12-13,15-16,24,31H,4-5,7-8,10-11,14H2,1-3H3,(H2,25,26,27,28,29). The lowest BCUT2D eigenvalue weighted by atomic mass is 9.94. The van der Waals surface area contributed by atoms with Gasteiger partial charge >= 0.3 is 0 Å². The van der Waals surface area contributed by atoms with Crippen LogP contribution in [0.5, 0.6) is 0 Å². The minimum Gasteiger partial charge on any atom is -0.395 e. The van der Waals surface area contributed by atoms with Crippen LogP contribution < -0.4 is 16.0 Å². The van der Waals surface area contributed by atoms with Gasteiger partial charge in [0.15, 0.2) is 0 Å². The lowest BCUT2D eigenvalue weighted by molar-refractivity contribution is 0.232. The smallest absolute Gasteiger partial charge is 0.135 e. The van der Waals surface area contributed by atoms with Crippen molar-refractivity contribution < 1.29 is 5.11 Å². The van der Waals surface area contributed by atoms with E-state index in [0.717, 1.165) is 60.2 Å². The lowest BCUT2D eigenvalue weighted by Gasteiger charge is -2.29. The molecule has 1 saturated heterocycles. The van der Waals surface area contributed by atoms with E-state index in [2.05, 4.69) is 63.7 Å². The van der Waals surface area contributed by atoms with Crippen molar-refractivity contribution in [3.8, 4) is 0 Å². The predicted octanol–water partition coefficient (Wildman–Crippen LogP) is 3.07. The summed E-state index contributed by atoms with van der Waals surface area (Å²) in [5, 5.41) is 19.7. The maximum atomic E-state index is 9.31. The van der Waals surface area contributed by atoms with E-state index in [4.69, 9.17) is 4.98 Å². The highest BCUT2D eigenvalue weighted by molar-refractivity contribution is 5.69. The molecule has 0 radical (unpaired) electrons. The molecule has 0 bridgehead atoms. The van der Waals surface area contributed by atoms with Gasteiger partial charge in [0.2, 0.25) is 0 Å². The molecule has 2 aromatic rings. The molecule has 8 heteroatoms. The summed E-state index contributed by atoms with van der Waals surface area (Å²) in [7, 11) is 0. The first kappa shape index (κ1) is 21.5. The first-order valence-electron chi connectivity index (χ1n) is 11.1. The zero-order valence-electron chi connectivity index (χ0n) is 18.6. The molecular weight excluding hydrogens is 390 g/mol. The number of anilines is 3. The summed E-state index contributed by atoms with van der Waals surface area (Å²) in [4.78, 5) is 15.9. The predicted molar refractivity (Wildman–Crippen MR) is 124 cm³/mol. The highest BCUT2D eigenvalue weighted by Gasteiger charge is 2.21. The summed E-state index contributed by atoms with van der Waals surface area (Å²) < 4.78 is 0. The molecule has 0 unspecified atom stereocenters. The number of hydrogen-bond acceptors (Lipinski definition) is 8. The van der Waals surface area contributed by atoms with Crippen LogP contribution in [0.3, 0.4) is 0 Å². The summed E-state index contributed by atoms with van der Waals surface area (Å²) >= 11 is 0. The number of fused-ring (bicyclic) bond motifs is 1. The van der Waals surface area contributed by atoms with Crippen molar-refractivity contribution in [2.24, 2.45) is 0 Å². The van der Waals surface area contributed by atoms with Crippen LogP contribution in [0.15, 0.2) is 24.7 Å². The van der Waals surface area contributed by atoms with Gasteiger partial charge < -0.3 is 26.0 Å². The van der Waals surface area contributed by atoms with Gasteiger partial charge in [-0.15, -0.1) is 0 Å². The Kier molecular flexibility index (Phi) is 6.38. The van der Waals surface area contributed by atoms with E-state index in [1.54, 1.807) is 6.33 Å². The Bertz CT molecular complexity index is 932. The molecule has 4 heterocycles. The molecule has 8 nitrogen and oxygen atoms in total. The van der Waals surface area contributed by atoms with Gasteiger partial charge in [-0.05, 0) is 64.4 Å². The van der Waals surface area contributed by atoms with Gasteiger partial charge in [0.25, 0.3) is 0 Å². The molecule has 2 aromatic heterocycles. The Balaban J connectivity index is 1.61. The monoisotopic (exact) mass is 423 g/mol. The largest absolute Gasteiger partial charge is 0.395 e. The third-order valence-corrected chi connectivity index (χ3v) is 5.57. The molecule has 31 heavy (non-hydrogen) atoms. The van der Waals surface area contributed by atoms with Gasteiger partial charge in [-0.2, -0.15) is 0 Å². The third-order valence-electron chi connectivity index (χ3n) is 5.57. The molecule has 1 fully saturated rings. The van der Waals surface area contributed by atoms with Crippen molar-refractivity contribution in [1.82, 2.24) is 25.2 Å². The average molecular weight is 424 g/mol. The number of piperidine rings is 1. The molecular formula is C23H33N7O. The van der Waals surface area contributed by atoms with E-state index in [1.807, 2.05) is 12.3 Å². The van der Waals surface area contributed by atoms with E-state index in [1.165, 1.54) is 0 Å². The molecule has 0 amide bonds. The van der Waals surface area contributed by atoms with Crippen LogP contribution in [-0.2, 0) is 6.54 Å². The number of β-amino-alcohol motifs (C(OH)–C–C–N with tert-alkyl or cyclic N) is 1. The minimum atomic E-state index is -0.126. The van der Waals surface area contributed by atoms with Crippen molar-refractivity contribution >= 4 is 23.5 Å². The molecule has 0 atom stereocenters. The van der Waals surface area contributed by atoms with E-state index in [-0.39, 0.29) is 12.1 Å². The van der Waals surface area contributed by atoms with Gasteiger partial charge in [0.05, 0.1) is 6.61 Å². The molecule has 2 aliphatic rings. The maximum absolute atomic E-state index is 9.31. The molecule has 0 spiro atoms. The van der Waals surface area contributed by atoms with Gasteiger partial charge in [-0.25, -0.2) is 15.0 Å². The SMILES string of the molecule is CC(C)(C)Nc1nc(Nc2cc(C3CCNCC3)ncn2)cc2c1CN(CCO)C=C2. The third kappa shape index (κ3) is 5.51. The van der Waals surface area contributed by atoms with E-state index in [9.17, 15) is 5.11 Å². The van der Waals surface area contributed by atoms with Crippen LogP contribution in [0.25, 0.3) is 6.08 Å². The van der Waals surface area contributed by atoms with Crippen LogP contribution in [0, 0.1) is 0 Å². The summed E-state index contributed by atoms with van der Waals surface area (Å²) in [6.45, 7) is 9.89. The van der Waals surface area contributed by atoms with Crippen molar-refractivity contribution in [1.29, 1.82) is 0 Å². The van der Waals surface area contributed by atoms with Crippen molar-refractivity contribution in [3.05, 3.63) is 41.5 Å². The summed E-state index contributed by atoms with van der Waals surface area (Å²) in [6.07, 6.45) is 7.95. The van der Waals surface area contributed by atoms with Gasteiger partial charge in [-0.1, -0.05) is 0 Å². The van der Waals surface area contributed by atoms with Gasteiger partial charge in [0.1, 0.15) is 23.8 Å². The quantitative estimate of drug-likeness (QED) is 0.563. The number of nitrogens with zero attached hydrogens (tertiary/aromatic N) is 4. The van der Waals surface area contributed by atoms with Crippen LogP contribution in [-0.4, -0.2) is 56.7 Å². The van der Waals surface area contributed by atoms with Crippen molar-refractivity contribution in [2.75, 3.05) is 36.9 Å². The molecule has 166 valence electrons. The fourth-order valence-corrected chi connectivity index (χ4v) is 4.07. The van der Waals surface area contributed by atoms with Crippen molar-refractivity contribution in [2.45, 2.75) is 51.6 Å². The zero-order chi connectivity index (χ0) is 21.8. The molecule has 4 N–H and O–H groups in total. The lowest BCUT2D eigenvalue weighted by Crippen LogP contribution is -2.30. The number of pyridine rings is 1. The van der Waals surface area contributed by atoms with Crippen LogP contribution in [0.2, 0.25) is 0 Å². The first-order chi connectivity index (χ1) is 14.9. The Labute approximate surface area is 184 Å². The minimum absolute atomic E-state index is 0.126. The second-order valence-electron chi connectivity index (χ2n) is 9.29. The first-order valence-corrected chi connectivity index (χ1v) is 11.1. The number of rotatable bonds is 6. The van der Waals surface area contributed by atoms with Gasteiger partial charge in [-0.3, -0.25) is 0 Å². The summed E-state index contributed by atoms with van der Waals surface area (Å²) in [5.74, 6) is 2.84. The van der Waals surface area contributed by atoms with Crippen LogP contribution >= 0.6 is 0 Å². The highest BCUT2D eigenvalue weighted by atomic mass is 16.3. The Hall–Kier alpha value is -2.71. The second-order valence-corrected chi connectivity index (χ2v) is 9.29. The van der Waals surface area contributed by atoms with Crippen LogP contribution in [0.4, 0.5) is 17.5 Å². The maximum Gasteiger partial charge on any atom is 0.135 e. The topological polar surface area (TPSA) is 98.2 Å². The number of aliphatic hydroxyl groups is 1. The summed E-state index contributed by atoms with van der Waals surface area (Å²) in [5.41, 5.74) is 3.21. The normalized spacial score (nSPS) is 16.8. The zero-order valence-corrected chi connectivity index (χ0v) is 18.6. The average Bonchev–Trinajstić information content (AvgIpc) is 2.74. The number of aliphatic hydroxyl groups excluding tert-OH is 1. The fourth-order valence-electron chi connectivity index (χ4n) is 4.07. The second kappa shape index (κ2) is 9.20. The Morgan fingerprint density at radius 2 is 1.97 bits per heavy atom. The molecule has 0 aliphatic carbocycles. The van der Waals surface area contributed by atoms with Gasteiger partial charge in [0, 0.05) is 48.1 Å². The van der Waals surface area contributed by atoms with Crippen LogP contribution in [0.1, 0.15) is 56.4 Å². The fraction of sp³-hybridized carbons (Fsp3) is 0.522. The molecule has 0 aromatic carbocycles. The number of hydrogen-bond donors (Lipinski definition) is 4. The number of aromatic nitrogens is 3. The Morgan fingerprint density at radius 3 is 2.71 bits per heavy atom. The molecule has 2 aliphatic heterocycles. The summed E-state index contributed by atoms with van der Waals surface area (Å²) in [6, 6.07) is 4.11. The van der Waals surface area contributed by atoms with Crippen molar-refractivity contribution in [3.63, 3.8) is 0 Å². The number of nitrogens with one attached hydrogen (secondary N) is 3. The van der Waals surface area contributed by atoms with E-state index >= 15 is 0 Å². The Morgan fingerprint density at radius 1 is 1.16 bits per heavy atom. The van der Waals surface area contributed by atoms with E-state index in [0.29, 0.717) is 19.0 Å². The van der Waals surface area contributed by atoms with E-state index < -0.39 is 0 Å².